The number of amides is 1. The van der Waals surface area contributed by atoms with Crippen LogP contribution in [0.2, 0.25) is 0 Å². The average molecular weight is 289 g/mol. The zero-order chi connectivity index (χ0) is 15.4. The maximum absolute atomic E-state index is 11.7. The van der Waals surface area contributed by atoms with Crippen LogP contribution in [0.1, 0.15) is 28.4 Å². The molecule has 0 saturated carbocycles. The van der Waals surface area contributed by atoms with Crippen LogP contribution in [-0.2, 0) is 6.61 Å². The Morgan fingerprint density at radius 3 is 2.71 bits per heavy atom. The molecule has 7 nitrogen and oxygen atoms in total. The van der Waals surface area contributed by atoms with Gasteiger partial charge in [0.05, 0.1) is 6.20 Å². The van der Waals surface area contributed by atoms with E-state index in [1.54, 1.807) is 23.7 Å². The molecule has 2 aromatic rings. The van der Waals surface area contributed by atoms with Crippen molar-refractivity contribution >= 4 is 11.5 Å². The Balaban J connectivity index is 2.34. The quantitative estimate of drug-likeness (QED) is 0.443. The highest BCUT2D eigenvalue weighted by Gasteiger charge is 2.16. The van der Waals surface area contributed by atoms with Crippen LogP contribution in [0.25, 0.3) is 5.57 Å². The molecule has 0 spiro atoms. The van der Waals surface area contributed by atoms with Crippen molar-refractivity contribution in [3.8, 4) is 5.88 Å². The maximum Gasteiger partial charge on any atom is 0.275 e. The molecule has 1 aromatic heterocycles. The molecule has 3 N–H and O–H groups in total. The Hall–Kier alpha value is -2.80. The predicted octanol–water partition coefficient (Wildman–Crippen LogP) is 1.85. The van der Waals surface area contributed by atoms with Crippen molar-refractivity contribution in [2.45, 2.75) is 13.5 Å². The zero-order valence-corrected chi connectivity index (χ0v) is 11.4. The Kier molecular flexibility index (Phi) is 4.24. The Morgan fingerprint density at radius 1 is 1.43 bits per heavy atom. The number of hydrogen-bond acceptors (Lipinski definition) is 5. The lowest BCUT2D eigenvalue weighted by Crippen LogP contribution is -2.21. The molecule has 0 saturated heterocycles. The minimum absolute atomic E-state index is 0.0444. The first kappa shape index (κ1) is 14.6. The summed E-state index contributed by atoms with van der Waals surface area (Å²) in [6.07, 6.45) is 1.32. The topological polar surface area (TPSA) is 96.6 Å². The Bertz CT molecular complexity index is 679. The average Bonchev–Trinajstić information content (AvgIpc) is 2.89. The molecule has 0 atom stereocenters. The molecule has 0 radical (unpaired) electrons. The molecule has 0 aliphatic heterocycles. The van der Waals surface area contributed by atoms with Gasteiger partial charge in [-0.15, -0.1) is 4.85 Å². The molecule has 110 valence electrons. The van der Waals surface area contributed by atoms with Crippen LogP contribution in [0.5, 0.6) is 5.88 Å². The third kappa shape index (κ3) is 3.21. The van der Waals surface area contributed by atoms with E-state index in [0.29, 0.717) is 10.4 Å². The summed E-state index contributed by atoms with van der Waals surface area (Å²) in [5.41, 5.74) is 3.97. The van der Waals surface area contributed by atoms with Crippen molar-refractivity contribution in [3.05, 3.63) is 53.7 Å². The second-order valence-electron chi connectivity index (χ2n) is 4.42. The van der Waals surface area contributed by atoms with Crippen molar-refractivity contribution in [1.82, 2.24) is 15.4 Å². The number of aromatic nitrogens is 2. The third-order valence-electron chi connectivity index (χ3n) is 2.90. The first-order chi connectivity index (χ1) is 10.0. The number of benzene rings is 1. The number of carbonyl (C=O) groups excluding carboxylic acids is 1. The summed E-state index contributed by atoms with van der Waals surface area (Å²) < 4.78 is 5.44. The van der Waals surface area contributed by atoms with Gasteiger partial charge in [0.1, 0.15) is 6.61 Å². The van der Waals surface area contributed by atoms with Crippen LogP contribution < -0.4 is 10.2 Å². The summed E-state index contributed by atoms with van der Waals surface area (Å²) in [5, 5.41) is 21.6. The third-order valence-corrected chi connectivity index (χ3v) is 2.90. The van der Waals surface area contributed by atoms with Gasteiger partial charge in [0, 0.05) is 17.2 Å². The van der Waals surface area contributed by atoms with Crippen molar-refractivity contribution in [1.29, 1.82) is 0 Å². The highest BCUT2D eigenvalue weighted by Crippen LogP contribution is 2.23. The molecule has 0 aliphatic rings. The lowest BCUT2D eigenvalue weighted by atomic mass is 9.97. The SMILES string of the molecule is C=C(C)c1cccc(C(=O)NO)c1COc1ccn(O)n1. The molecule has 7 heteroatoms. The van der Waals surface area contributed by atoms with Gasteiger partial charge in [-0.2, -0.15) is 0 Å². The van der Waals surface area contributed by atoms with E-state index in [2.05, 4.69) is 11.7 Å². The largest absolute Gasteiger partial charge is 0.472 e. The van der Waals surface area contributed by atoms with Crippen molar-refractivity contribution in [3.63, 3.8) is 0 Å². The summed E-state index contributed by atoms with van der Waals surface area (Å²) in [4.78, 5) is 12.3. The van der Waals surface area contributed by atoms with Crippen LogP contribution in [0, 0.1) is 0 Å². The fourth-order valence-corrected chi connectivity index (χ4v) is 1.94. The van der Waals surface area contributed by atoms with Crippen LogP contribution >= 0.6 is 0 Å². The standard InChI is InChI=1S/C14H15N3O4/c1-9(2)10-4-3-5-11(14(18)16-19)12(10)8-21-13-6-7-17(20)15-13/h3-7,19-20H,1,8H2,2H3,(H,16,18). The van der Waals surface area contributed by atoms with Gasteiger partial charge in [0.25, 0.3) is 5.91 Å². The van der Waals surface area contributed by atoms with E-state index in [9.17, 15) is 4.79 Å². The van der Waals surface area contributed by atoms with E-state index in [-0.39, 0.29) is 18.1 Å². The maximum atomic E-state index is 11.7. The molecule has 1 amide bonds. The molecule has 0 bridgehead atoms. The summed E-state index contributed by atoms with van der Waals surface area (Å²) >= 11 is 0. The highest BCUT2D eigenvalue weighted by molar-refractivity contribution is 5.96. The van der Waals surface area contributed by atoms with Crippen LogP contribution in [-0.4, -0.2) is 26.3 Å². The van der Waals surface area contributed by atoms with Crippen molar-refractivity contribution < 1.29 is 19.9 Å². The Labute approximate surface area is 121 Å². The van der Waals surface area contributed by atoms with E-state index in [4.69, 9.17) is 15.2 Å². The molecule has 1 heterocycles. The van der Waals surface area contributed by atoms with Gasteiger partial charge < -0.3 is 9.94 Å². The number of nitrogens with one attached hydrogen (secondary N) is 1. The molecule has 0 fully saturated rings. The Morgan fingerprint density at radius 2 is 2.14 bits per heavy atom. The smallest absolute Gasteiger partial charge is 0.275 e. The monoisotopic (exact) mass is 289 g/mol. The molecule has 0 aliphatic carbocycles. The molecular weight excluding hydrogens is 274 g/mol. The van der Waals surface area contributed by atoms with Gasteiger partial charge in [-0.25, -0.2) is 5.48 Å². The first-order valence-electron chi connectivity index (χ1n) is 6.13. The normalized spacial score (nSPS) is 10.2. The van der Waals surface area contributed by atoms with Crippen LogP contribution in [0.3, 0.4) is 0 Å². The van der Waals surface area contributed by atoms with E-state index < -0.39 is 5.91 Å². The number of nitrogens with zero attached hydrogens (tertiary/aromatic N) is 2. The molecule has 0 unspecified atom stereocenters. The van der Waals surface area contributed by atoms with Gasteiger partial charge in [0.2, 0.25) is 5.88 Å². The molecular formula is C14H15N3O4. The second kappa shape index (κ2) is 6.10. The minimum Gasteiger partial charge on any atom is -0.472 e. The predicted molar refractivity (Wildman–Crippen MR) is 74.1 cm³/mol. The van der Waals surface area contributed by atoms with Gasteiger partial charge >= 0.3 is 0 Å². The van der Waals surface area contributed by atoms with Gasteiger partial charge in [-0.3, -0.25) is 10.0 Å². The first-order valence-corrected chi connectivity index (χ1v) is 6.13. The molecule has 1 aromatic carbocycles. The summed E-state index contributed by atoms with van der Waals surface area (Å²) in [6.45, 7) is 5.71. The number of hydrogen-bond donors (Lipinski definition) is 3. The summed E-state index contributed by atoms with van der Waals surface area (Å²) in [6, 6.07) is 6.55. The number of rotatable bonds is 5. The lowest BCUT2D eigenvalue weighted by molar-refractivity contribution is 0.0703. The number of hydroxylamine groups is 1. The summed E-state index contributed by atoms with van der Waals surface area (Å²) in [5.74, 6) is -0.422. The fraction of sp³-hybridized carbons (Fsp3) is 0.143. The number of ether oxygens (including phenoxy) is 1. The van der Waals surface area contributed by atoms with Gasteiger partial charge in [0.15, 0.2) is 0 Å². The van der Waals surface area contributed by atoms with Crippen LogP contribution in [0.4, 0.5) is 0 Å². The molecule has 21 heavy (non-hydrogen) atoms. The number of carbonyl (C=O) groups is 1. The second-order valence-corrected chi connectivity index (χ2v) is 4.42. The van der Waals surface area contributed by atoms with E-state index >= 15 is 0 Å². The van der Waals surface area contributed by atoms with Crippen LogP contribution in [0.15, 0.2) is 37.0 Å². The highest BCUT2D eigenvalue weighted by atomic mass is 16.5. The minimum atomic E-state index is -0.635. The van der Waals surface area contributed by atoms with Crippen molar-refractivity contribution in [2.24, 2.45) is 0 Å². The molecule has 2 rings (SSSR count). The fourth-order valence-electron chi connectivity index (χ4n) is 1.94. The van der Waals surface area contributed by atoms with Crippen molar-refractivity contribution in [2.75, 3.05) is 0 Å². The zero-order valence-electron chi connectivity index (χ0n) is 11.4. The lowest BCUT2D eigenvalue weighted by Gasteiger charge is -2.13. The number of allylic oxidation sites excluding steroid dienone is 1. The van der Waals surface area contributed by atoms with E-state index in [0.717, 1.165) is 11.1 Å². The van der Waals surface area contributed by atoms with E-state index in [1.807, 2.05) is 6.92 Å². The summed E-state index contributed by atoms with van der Waals surface area (Å²) in [7, 11) is 0. The van der Waals surface area contributed by atoms with Gasteiger partial charge in [-0.05, 0) is 18.6 Å². The van der Waals surface area contributed by atoms with E-state index in [1.165, 1.54) is 12.3 Å². The van der Waals surface area contributed by atoms with Gasteiger partial charge in [-0.1, -0.05) is 29.4 Å².